The fourth-order valence-electron chi connectivity index (χ4n) is 2.12. The molecule has 114 valence electrons. The molecule has 2 aromatic rings. The average molecular weight is 289 g/mol. The van der Waals surface area contributed by atoms with Crippen LogP contribution in [0.15, 0.2) is 30.5 Å². The molecule has 5 heteroatoms. The Bertz CT molecular complexity index is 537. The monoisotopic (exact) mass is 289 g/mol. The lowest BCUT2D eigenvalue weighted by molar-refractivity contribution is 0.187. The first-order valence-corrected chi connectivity index (χ1v) is 7.12. The quantitative estimate of drug-likeness (QED) is 0.782. The molecule has 1 aromatic carbocycles. The number of nitrogens with zero attached hydrogens (tertiary/aromatic N) is 1. The van der Waals surface area contributed by atoms with E-state index in [0.29, 0.717) is 6.61 Å². The Morgan fingerprint density at radius 3 is 2.52 bits per heavy atom. The fraction of sp³-hybridized carbons (Fsp3) is 0.438. The maximum Gasteiger partial charge on any atom is 0.123 e. The van der Waals surface area contributed by atoms with Crippen LogP contribution in [0.5, 0.6) is 0 Å². The van der Waals surface area contributed by atoms with Gasteiger partial charge in [0.1, 0.15) is 5.82 Å². The number of methoxy groups -OCH3 is 2. The van der Waals surface area contributed by atoms with Crippen LogP contribution >= 0.6 is 0 Å². The van der Waals surface area contributed by atoms with Gasteiger partial charge >= 0.3 is 0 Å². The van der Waals surface area contributed by atoms with Crippen molar-refractivity contribution in [2.24, 2.45) is 5.73 Å². The van der Waals surface area contributed by atoms with Crippen molar-refractivity contribution in [3.8, 4) is 11.3 Å². The predicted molar refractivity (Wildman–Crippen MR) is 83.0 cm³/mol. The van der Waals surface area contributed by atoms with E-state index in [1.165, 1.54) is 5.56 Å². The first-order chi connectivity index (χ1) is 10.2. The molecule has 0 saturated carbocycles. The minimum absolute atomic E-state index is 0.125. The summed E-state index contributed by atoms with van der Waals surface area (Å²) in [6, 6.07) is 8.27. The Kier molecular flexibility index (Phi) is 5.92. The highest BCUT2D eigenvalue weighted by Gasteiger charge is 2.10. The van der Waals surface area contributed by atoms with Crippen LogP contribution in [0.25, 0.3) is 11.3 Å². The van der Waals surface area contributed by atoms with E-state index in [-0.39, 0.29) is 6.04 Å². The highest BCUT2D eigenvalue weighted by atomic mass is 16.5. The molecule has 21 heavy (non-hydrogen) atoms. The number of nitrogens with one attached hydrogen (secondary N) is 1. The van der Waals surface area contributed by atoms with Gasteiger partial charge in [-0.3, -0.25) is 0 Å². The van der Waals surface area contributed by atoms with Crippen molar-refractivity contribution >= 4 is 0 Å². The van der Waals surface area contributed by atoms with E-state index in [9.17, 15) is 0 Å². The summed E-state index contributed by atoms with van der Waals surface area (Å²) in [4.78, 5) is 7.65. The zero-order chi connectivity index (χ0) is 15.1. The normalized spacial score (nSPS) is 12.5. The third-order valence-electron chi connectivity index (χ3n) is 3.44. The smallest absolute Gasteiger partial charge is 0.123 e. The number of hydrogen-bond donors (Lipinski definition) is 2. The molecule has 3 N–H and O–H groups in total. The molecule has 1 aromatic heterocycles. The first kappa shape index (κ1) is 15.7. The predicted octanol–water partition coefficient (Wildman–Crippen LogP) is 2.30. The summed E-state index contributed by atoms with van der Waals surface area (Å²) in [5.41, 5.74) is 9.41. The molecule has 0 radical (unpaired) electrons. The molecule has 0 bridgehead atoms. The third-order valence-corrected chi connectivity index (χ3v) is 3.44. The van der Waals surface area contributed by atoms with Crippen molar-refractivity contribution in [3.63, 3.8) is 0 Å². The van der Waals surface area contributed by atoms with Gasteiger partial charge in [-0.1, -0.05) is 24.3 Å². The van der Waals surface area contributed by atoms with Crippen molar-refractivity contribution in [2.75, 3.05) is 27.4 Å². The molecule has 0 spiro atoms. The molecule has 0 fully saturated rings. The van der Waals surface area contributed by atoms with Crippen LogP contribution in [0.2, 0.25) is 0 Å². The summed E-state index contributed by atoms with van der Waals surface area (Å²) in [6.45, 7) is 1.37. The lowest BCUT2D eigenvalue weighted by Crippen LogP contribution is -2.14. The van der Waals surface area contributed by atoms with Crippen LogP contribution < -0.4 is 5.73 Å². The Morgan fingerprint density at radius 1 is 1.14 bits per heavy atom. The van der Waals surface area contributed by atoms with Crippen LogP contribution in [0.3, 0.4) is 0 Å². The van der Waals surface area contributed by atoms with Crippen LogP contribution in [0.1, 0.15) is 23.9 Å². The molecule has 2 rings (SSSR count). The van der Waals surface area contributed by atoms with Gasteiger partial charge in [0.15, 0.2) is 0 Å². The lowest BCUT2D eigenvalue weighted by atomic mass is 10.1. The summed E-state index contributed by atoms with van der Waals surface area (Å²) in [5.74, 6) is 0.797. The Labute approximate surface area is 125 Å². The number of rotatable bonds is 8. The van der Waals surface area contributed by atoms with E-state index in [2.05, 4.69) is 34.2 Å². The number of aromatic nitrogens is 2. The van der Waals surface area contributed by atoms with Crippen LogP contribution in [0.4, 0.5) is 0 Å². The summed E-state index contributed by atoms with van der Waals surface area (Å²) in [5, 5.41) is 0. The number of hydrogen-bond acceptors (Lipinski definition) is 4. The topological polar surface area (TPSA) is 73.2 Å². The number of aromatic amines is 1. The van der Waals surface area contributed by atoms with Gasteiger partial charge in [0.25, 0.3) is 0 Å². The standard InChI is InChI=1S/C16H23N3O2/c1-20-9-7-12-3-5-13(6-4-12)15-11-18-16(19-15)14(17)8-10-21-2/h3-6,11,14H,7-10,17H2,1-2H3,(H,18,19). The second-order valence-corrected chi connectivity index (χ2v) is 5.01. The molecule has 0 aliphatic rings. The zero-order valence-electron chi connectivity index (χ0n) is 12.6. The number of nitrogens with two attached hydrogens (primary N) is 1. The molecule has 0 aliphatic heterocycles. The number of ether oxygens (including phenoxy) is 2. The molecular formula is C16H23N3O2. The Balaban J connectivity index is 2.03. The molecule has 0 amide bonds. The van der Waals surface area contributed by atoms with Crippen LogP contribution in [-0.2, 0) is 15.9 Å². The van der Waals surface area contributed by atoms with Gasteiger partial charge in [-0.05, 0) is 24.0 Å². The number of benzene rings is 1. The summed E-state index contributed by atoms with van der Waals surface area (Å²) in [7, 11) is 3.39. The SMILES string of the molecule is COCCc1ccc(-c2cnc(C(N)CCOC)[nH]2)cc1. The summed E-state index contributed by atoms with van der Waals surface area (Å²) >= 11 is 0. The Hall–Kier alpha value is -1.69. The maximum atomic E-state index is 6.06. The summed E-state index contributed by atoms with van der Waals surface area (Å²) < 4.78 is 10.1. The van der Waals surface area contributed by atoms with E-state index < -0.39 is 0 Å². The fourth-order valence-corrected chi connectivity index (χ4v) is 2.12. The van der Waals surface area contributed by atoms with Crippen molar-refractivity contribution in [2.45, 2.75) is 18.9 Å². The van der Waals surface area contributed by atoms with Gasteiger partial charge in [-0.15, -0.1) is 0 Å². The highest BCUT2D eigenvalue weighted by Crippen LogP contribution is 2.20. The second kappa shape index (κ2) is 7.93. The van der Waals surface area contributed by atoms with Crippen molar-refractivity contribution in [1.29, 1.82) is 0 Å². The first-order valence-electron chi connectivity index (χ1n) is 7.12. The summed E-state index contributed by atoms with van der Waals surface area (Å²) in [6.07, 6.45) is 3.50. The average Bonchev–Trinajstić information content (AvgIpc) is 3.01. The maximum absolute atomic E-state index is 6.06. The van der Waals surface area contributed by atoms with E-state index in [1.54, 1.807) is 14.2 Å². The van der Waals surface area contributed by atoms with Gasteiger partial charge in [0.2, 0.25) is 0 Å². The van der Waals surface area contributed by atoms with E-state index in [1.807, 2.05) is 6.20 Å². The van der Waals surface area contributed by atoms with Crippen LogP contribution in [0, 0.1) is 0 Å². The van der Waals surface area contributed by atoms with E-state index >= 15 is 0 Å². The van der Waals surface area contributed by atoms with E-state index in [0.717, 1.165) is 36.5 Å². The Morgan fingerprint density at radius 2 is 1.86 bits per heavy atom. The lowest BCUT2D eigenvalue weighted by Gasteiger charge is -2.07. The van der Waals surface area contributed by atoms with Gasteiger partial charge in [0, 0.05) is 20.8 Å². The van der Waals surface area contributed by atoms with Crippen molar-refractivity contribution < 1.29 is 9.47 Å². The van der Waals surface area contributed by atoms with E-state index in [4.69, 9.17) is 15.2 Å². The zero-order valence-corrected chi connectivity index (χ0v) is 12.6. The molecule has 1 unspecified atom stereocenters. The number of imidazole rings is 1. The van der Waals surface area contributed by atoms with Gasteiger partial charge in [-0.25, -0.2) is 4.98 Å². The minimum atomic E-state index is -0.125. The molecule has 1 atom stereocenters. The molecular weight excluding hydrogens is 266 g/mol. The molecule has 5 nitrogen and oxygen atoms in total. The van der Waals surface area contributed by atoms with Crippen LogP contribution in [-0.4, -0.2) is 37.4 Å². The van der Waals surface area contributed by atoms with Gasteiger partial charge in [-0.2, -0.15) is 0 Å². The van der Waals surface area contributed by atoms with Gasteiger partial charge in [0.05, 0.1) is 24.5 Å². The molecule has 1 heterocycles. The minimum Gasteiger partial charge on any atom is -0.385 e. The van der Waals surface area contributed by atoms with Crippen molar-refractivity contribution in [1.82, 2.24) is 9.97 Å². The largest absolute Gasteiger partial charge is 0.385 e. The van der Waals surface area contributed by atoms with Gasteiger partial charge < -0.3 is 20.2 Å². The van der Waals surface area contributed by atoms with Crippen molar-refractivity contribution in [3.05, 3.63) is 41.9 Å². The number of H-pyrrole nitrogens is 1. The highest BCUT2D eigenvalue weighted by molar-refractivity contribution is 5.58. The molecule has 0 aliphatic carbocycles. The second-order valence-electron chi connectivity index (χ2n) is 5.01. The third kappa shape index (κ3) is 4.39. The molecule has 0 saturated heterocycles.